The molecule has 0 aliphatic carbocycles. The van der Waals surface area contributed by atoms with Gasteiger partial charge < -0.3 is 20.6 Å². The van der Waals surface area contributed by atoms with E-state index < -0.39 is 28.9 Å². The molecule has 0 bridgehead atoms. The van der Waals surface area contributed by atoms with E-state index in [1.807, 2.05) is 0 Å². The monoisotopic (exact) mass is 594 g/mol. The number of nitrogens with one attached hydrogen (secondary N) is 3. The van der Waals surface area contributed by atoms with Crippen LogP contribution >= 0.6 is 11.9 Å². The molecule has 2 aliphatic rings. The largest absolute Gasteiger partial charge is 0.419 e. The minimum absolute atomic E-state index is 0.0329. The topological polar surface area (TPSA) is 103 Å². The van der Waals surface area contributed by atoms with Gasteiger partial charge in [0, 0.05) is 49.0 Å². The molecule has 41 heavy (non-hydrogen) atoms. The normalized spacial score (nSPS) is 17.5. The Hall–Kier alpha value is -2.78. The summed E-state index contributed by atoms with van der Waals surface area (Å²) in [7, 11) is 0. The third kappa shape index (κ3) is 7.55. The van der Waals surface area contributed by atoms with E-state index in [-0.39, 0.29) is 23.7 Å². The van der Waals surface area contributed by atoms with Gasteiger partial charge in [0.1, 0.15) is 11.4 Å². The molecule has 0 atom stereocenters. The van der Waals surface area contributed by atoms with Crippen LogP contribution in [-0.2, 0) is 12.7 Å². The van der Waals surface area contributed by atoms with Gasteiger partial charge in [0.2, 0.25) is 5.95 Å². The maximum atomic E-state index is 14.9. The zero-order chi connectivity index (χ0) is 29.3. The molecule has 2 saturated heterocycles. The number of hydrogen-bond acceptors (Lipinski definition) is 9. The number of hydrogen-bond donors (Lipinski definition) is 4. The Morgan fingerprint density at radius 1 is 1.15 bits per heavy atom. The highest BCUT2D eigenvalue weighted by Gasteiger charge is 2.39. The van der Waals surface area contributed by atoms with Crippen molar-refractivity contribution in [2.75, 3.05) is 44.6 Å². The van der Waals surface area contributed by atoms with Crippen LogP contribution in [0.3, 0.4) is 0 Å². The van der Waals surface area contributed by atoms with E-state index in [1.54, 1.807) is 19.9 Å². The first-order chi connectivity index (χ1) is 19.4. The molecule has 222 valence electrons. The van der Waals surface area contributed by atoms with Gasteiger partial charge >= 0.3 is 6.18 Å². The number of nitrogens with zero attached hydrogens (tertiary/aromatic N) is 5. The predicted octanol–water partition coefficient (Wildman–Crippen LogP) is 4.29. The van der Waals surface area contributed by atoms with Crippen LogP contribution in [0.1, 0.15) is 32.3 Å². The highest BCUT2D eigenvalue weighted by molar-refractivity contribution is 7.97. The summed E-state index contributed by atoms with van der Waals surface area (Å²) in [5.74, 6) is -0.781. The summed E-state index contributed by atoms with van der Waals surface area (Å²) in [5.41, 5.74) is -1.92. The molecule has 3 aromatic rings. The third-order valence-corrected chi connectivity index (χ3v) is 8.21. The maximum absolute atomic E-state index is 14.9. The molecule has 2 fully saturated rings. The van der Waals surface area contributed by atoms with Crippen molar-refractivity contribution < 1.29 is 22.7 Å². The lowest BCUT2D eigenvalue weighted by atomic mass is 9.73. The van der Waals surface area contributed by atoms with Gasteiger partial charge in [0.05, 0.1) is 29.7 Å². The lowest BCUT2D eigenvalue weighted by Crippen LogP contribution is -2.58. The summed E-state index contributed by atoms with van der Waals surface area (Å²) in [6.07, 6.45) is 1.00. The van der Waals surface area contributed by atoms with E-state index in [4.69, 9.17) is 0 Å². The molecule has 4 N–H and O–H groups in total. The van der Waals surface area contributed by atoms with E-state index in [9.17, 15) is 22.7 Å². The molecule has 2 aromatic heterocycles. The number of piperidine rings is 1. The third-order valence-electron chi connectivity index (χ3n) is 7.37. The molecule has 0 amide bonds. The van der Waals surface area contributed by atoms with Gasteiger partial charge in [-0.05, 0) is 75.3 Å². The second-order valence-corrected chi connectivity index (χ2v) is 12.4. The Labute approximate surface area is 240 Å². The van der Waals surface area contributed by atoms with Crippen molar-refractivity contribution in [3.8, 4) is 11.3 Å². The fourth-order valence-corrected chi connectivity index (χ4v) is 5.70. The van der Waals surface area contributed by atoms with Crippen molar-refractivity contribution >= 4 is 23.6 Å². The van der Waals surface area contributed by atoms with E-state index >= 15 is 0 Å². The Morgan fingerprint density at radius 3 is 2.54 bits per heavy atom. The summed E-state index contributed by atoms with van der Waals surface area (Å²) in [6, 6.07) is 4.56. The first kappa shape index (κ1) is 29.7. The standard InChI is InChI=1S/C27H34F4N8OS/c1-25(2,40)17-39-14-18(12-34-39)23-20(27(29,30)31)13-33-24(37-23)36-22-4-3-19(11-21(22)28)41-35-7-10-38-8-5-26(6-9-38)15-32-16-26/h3-4,11-14,32,35,40H,5-10,15-17H2,1-2H3,(H,33,36,37). The molecule has 0 unspecified atom stereocenters. The molecule has 1 aromatic carbocycles. The first-order valence-corrected chi connectivity index (χ1v) is 14.3. The fraction of sp³-hybridized carbons (Fsp3) is 0.519. The van der Waals surface area contributed by atoms with Crippen LogP contribution in [0.25, 0.3) is 11.3 Å². The van der Waals surface area contributed by atoms with Crippen molar-refractivity contribution in [2.24, 2.45) is 5.41 Å². The number of likely N-dealkylation sites (tertiary alicyclic amines) is 1. The van der Waals surface area contributed by atoms with Crippen molar-refractivity contribution in [1.29, 1.82) is 0 Å². The van der Waals surface area contributed by atoms with Crippen molar-refractivity contribution in [1.82, 2.24) is 34.7 Å². The average molecular weight is 595 g/mol. The molecule has 4 heterocycles. The number of alkyl halides is 3. The van der Waals surface area contributed by atoms with Crippen LogP contribution in [0.5, 0.6) is 0 Å². The van der Waals surface area contributed by atoms with Gasteiger partial charge in [0.25, 0.3) is 0 Å². The van der Waals surface area contributed by atoms with E-state index in [1.165, 1.54) is 54.0 Å². The number of benzene rings is 1. The van der Waals surface area contributed by atoms with E-state index in [0.717, 1.165) is 39.3 Å². The zero-order valence-corrected chi connectivity index (χ0v) is 23.7. The van der Waals surface area contributed by atoms with Gasteiger partial charge in [-0.3, -0.25) is 9.40 Å². The highest BCUT2D eigenvalue weighted by atomic mass is 32.2. The fourth-order valence-electron chi connectivity index (χ4n) is 5.04. The highest BCUT2D eigenvalue weighted by Crippen LogP contribution is 2.37. The maximum Gasteiger partial charge on any atom is 0.419 e. The summed E-state index contributed by atoms with van der Waals surface area (Å²) in [4.78, 5) is 10.9. The molecular formula is C27H34F4N8OS. The Balaban J connectivity index is 1.20. The minimum atomic E-state index is -4.71. The van der Waals surface area contributed by atoms with Crippen LogP contribution in [-0.4, -0.2) is 74.6 Å². The number of aliphatic hydroxyl groups is 1. The zero-order valence-electron chi connectivity index (χ0n) is 22.9. The molecular weight excluding hydrogens is 560 g/mol. The van der Waals surface area contributed by atoms with Crippen LogP contribution in [0, 0.1) is 11.2 Å². The van der Waals surface area contributed by atoms with Crippen LogP contribution in [0.15, 0.2) is 41.7 Å². The van der Waals surface area contributed by atoms with Crippen molar-refractivity contribution in [3.63, 3.8) is 0 Å². The Morgan fingerprint density at radius 2 is 1.90 bits per heavy atom. The Bertz CT molecular complexity index is 1350. The first-order valence-electron chi connectivity index (χ1n) is 13.5. The van der Waals surface area contributed by atoms with Crippen LogP contribution in [0.2, 0.25) is 0 Å². The predicted molar refractivity (Wildman–Crippen MR) is 149 cm³/mol. The molecule has 0 saturated carbocycles. The van der Waals surface area contributed by atoms with Gasteiger partial charge in [-0.2, -0.15) is 18.3 Å². The number of aromatic nitrogens is 4. The lowest BCUT2D eigenvalue weighted by Gasteiger charge is -2.48. The molecule has 9 nitrogen and oxygen atoms in total. The van der Waals surface area contributed by atoms with Crippen molar-refractivity contribution in [3.05, 3.63) is 48.2 Å². The quantitative estimate of drug-likeness (QED) is 0.156. The van der Waals surface area contributed by atoms with E-state index in [0.29, 0.717) is 16.5 Å². The van der Waals surface area contributed by atoms with Gasteiger partial charge in [-0.25, -0.2) is 14.4 Å². The second-order valence-electron chi connectivity index (χ2n) is 11.4. The van der Waals surface area contributed by atoms with Gasteiger partial charge in [0.15, 0.2) is 0 Å². The van der Waals surface area contributed by atoms with Gasteiger partial charge in [-0.15, -0.1) is 0 Å². The van der Waals surface area contributed by atoms with Crippen LogP contribution < -0.4 is 15.4 Å². The van der Waals surface area contributed by atoms with E-state index in [2.05, 4.69) is 35.3 Å². The number of halogens is 4. The Kier molecular flexibility index (Phi) is 8.58. The molecule has 5 rings (SSSR count). The summed E-state index contributed by atoms with van der Waals surface area (Å²) in [6.45, 7) is 9.34. The average Bonchev–Trinajstić information content (AvgIpc) is 3.33. The summed E-state index contributed by atoms with van der Waals surface area (Å²) < 4.78 is 60.7. The summed E-state index contributed by atoms with van der Waals surface area (Å²) >= 11 is 1.33. The smallest absolute Gasteiger partial charge is 0.389 e. The molecule has 14 heteroatoms. The second kappa shape index (κ2) is 11.8. The number of rotatable bonds is 10. The minimum Gasteiger partial charge on any atom is -0.389 e. The molecule has 0 radical (unpaired) electrons. The molecule has 2 aliphatic heterocycles. The summed E-state index contributed by atoms with van der Waals surface area (Å²) in [5, 5.41) is 20.1. The van der Waals surface area contributed by atoms with Crippen LogP contribution in [0.4, 0.5) is 29.2 Å². The number of anilines is 2. The lowest BCUT2D eigenvalue weighted by molar-refractivity contribution is -0.137. The van der Waals surface area contributed by atoms with Gasteiger partial charge in [-0.1, -0.05) is 0 Å². The SMILES string of the molecule is CC(C)(O)Cn1cc(-c2nc(Nc3ccc(SNCCN4CCC5(CC4)CNC5)cc3F)ncc2C(F)(F)F)cn1. The molecule has 1 spiro atoms. The van der Waals surface area contributed by atoms with Crippen molar-refractivity contribution in [2.45, 2.75) is 49.9 Å².